The number of aromatic nitrogens is 2. The van der Waals surface area contributed by atoms with Gasteiger partial charge in [-0.05, 0) is 37.3 Å². The van der Waals surface area contributed by atoms with E-state index in [1.54, 1.807) is 16.7 Å². The zero-order chi connectivity index (χ0) is 23.0. The fourth-order valence-corrected chi connectivity index (χ4v) is 4.14. The highest BCUT2D eigenvalue weighted by Gasteiger charge is 2.19. The summed E-state index contributed by atoms with van der Waals surface area (Å²) < 4.78 is 28.7. The Morgan fingerprint density at radius 3 is 2.62 bits per heavy atom. The fourth-order valence-electron chi connectivity index (χ4n) is 3.31. The minimum Gasteiger partial charge on any atom is -0.391 e. The third-order valence-electron chi connectivity index (χ3n) is 4.74. The van der Waals surface area contributed by atoms with Gasteiger partial charge in [0.25, 0.3) is 5.69 Å². The van der Waals surface area contributed by atoms with E-state index in [2.05, 4.69) is 4.98 Å². The predicted molar refractivity (Wildman–Crippen MR) is 116 cm³/mol. The van der Waals surface area contributed by atoms with Crippen LogP contribution in [0.25, 0.3) is 22.3 Å². The number of carbonyl (C=O) groups is 1. The molecule has 0 spiro atoms. The summed E-state index contributed by atoms with van der Waals surface area (Å²) in [5.74, 6) is -2.34. The Kier molecular flexibility index (Phi) is 5.64. The van der Waals surface area contributed by atoms with Crippen LogP contribution in [-0.2, 0) is 6.61 Å². The van der Waals surface area contributed by atoms with Crippen LogP contribution >= 0.6 is 11.3 Å². The van der Waals surface area contributed by atoms with Crippen LogP contribution in [0, 0.1) is 28.7 Å². The molecule has 0 atom stereocenters. The summed E-state index contributed by atoms with van der Waals surface area (Å²) in [7, 11) is 0. The van der Waals surface area contributed by atoms with Crippen LogP contribution < -0.4 is 0 Å². The number of aliphatic hydroxyl groups excluding tert-OH is 1. The Morgan fingerprint density at radius 2 is 1.97 bits per heavy atom. The van der Waals surface area contributed by atoms with Gasteiger partial charge in [-0.15, -0.1) is 11.3 Å². The van der Waals surface area contributed by atoms with Crippen molar-refractivity contribution in [2.45, 2.75) is 13.5 Å². The number of hydrogen-bond donors (Lipinski definition) is 1. The second kappa shape index (κ2) is 8.40. The highest BCUT2D eigenvalue weighted by Crippen LogP contribution is 2.32. The highest BCUT2D eigenvalue weighted by molar-refractivity contribution is 7.17. The smallest absolute Gasteiger partial charge is 0.275 e. The Bertz CT molecular complexity index is 1390. The topological polar surface area (TPSA) is 97.7 Å². The lowest BCUT2D eigenvalue weighted by Gasteiger charge is -2.04. The summed E-state index contributed by atoms with van der Waals surface area (Å²) in [5, 5.41) is 20.8. The number of halogens is 2. The van der Waals surface area contributed by atoms with E-state index in [1.807, 2.05) is 6.92 Å². The van der Waals surface area contributed by atoms with Crippen LogP contribution in [0.4, 0.5) is 14.5 Å². The number of aliphatic hydroxyl groups is 1. The maximum Gasteiger partial charge on any atom is 0.275 e. The standard InChI is InChI=1S/C22H15F2N3O4S/c1-12-10-26-18(4-5-20(29)15-6-16(23)9-17(24)7-15)21(25-22(26)32-12)13-2-3-14(11-28)19(8-13)27(30)31/h2-10,28H,11H2,1H3. The van der Waals surface area contributed by atoms with Crippen molar-refractivity contribution < 1.29 is 23.6 Å². The number of fused-ring (bicyclic) bond motifs is 1. The number of nitrogens with zero attached hydrogens (tertiary/aromatic N) is 3. The molecule has 0 saturated carbocycles. The van der Waals surface area contributed by atoms with Gasteiger partial charge in [-0.25, -0.2) is 13.8 Å². The van der Waals surface area contributed by atoms with Crippen molar-refractivity contribution in [1.82, 2.24) is 9.38 Å². The molecule has 7 nitrogen and oxygen atoms in total. The number of nitro groups is 1. The molecule has 0 saturated heterocycles. The molecule has 2 aromatic heterocycles. The first kappa shape index (κ1) is 21.5. The van der Waals surface area contributed by atoms with Crippen molar-refractivity contribution in [2.75, 3.05) is 0 Å². The molecule has 10 heteroatoms. The van der Waals surface area contributed by atoms with Gasteiger partial charge in [-0.2, -0.15) is 0 Å². The lowest BCUT2D eigenvalue weighted by molar-refractivity contribution is -0.385. The van der Waals surface area contributed by atoms with Crippen LogP contribution in [0.15, 0.2) is 48.7 Å². The molecule has 4 aromatic rings. The molecule has 2 aromatic carbocycles. The van der Waals surface area contributed by atoms with E-state index in [0.29, 0.717) is 28.0 Å². The van der Waals surface area contributed by atoms with Crippen LogP contribution in [-0.4, -0.2) is 25.2 Å². The molecule has 1 N–H and O–H groups in total. The molecule has 0 amide bonds. The van der Waals surface area contributed by atoms with E-state index < -0.39 is 28.9 Å². The molecular formula is C22H15F2N3O4S. The molecule has 0 aliphatic heterocycles. The number of hydrogen-bond acceptors (Lipinski definition) is 6. The maximum atomic E-state index is 13.5. The molecule has 4 rings (SSSR count). The normalized spacial score (nSPS) is 11.5. The van der Waals surface area contributed by atoms with Gasteiger partial charge in [-0.1, -0.05) is 6.07 Å². The summed E-state index contributed by atoms with van der Waals surface area (Å²) in [6, 6.07) is 6.91. The molecule has 32 heavy (non-hydrogen) atoms. The largest absolute Gasteiger partial charge is 0.391 e. The third kappa shape index (κ3) is 4.05. The minimum absolute atomic E-state index is 0.148. The minimum atomic E-state index is -0.862. The third-order valence-corrected chi connectivity index (χ3v) is 5.64. The van der Waals surface area contributed by atoms with Gasteiger partial charge >= 0.3 is 0 Å². The first-order valence-corrected chi connectivity index (χ1v) is 10.1. The number of thiazole rings is 1. The Labute approximate surface area is 184 Å². The van der Waals surface area contributed by atoms with E-state index in [-0.39, 0.29) is 16.8 Å². The van der Waals surface area contributed by atoms with Gasteiger partial charge in [0.2, 0.25) is 0 Å². The number of rotatable bonds is 6. The van der Waals surface area contributed by atoms with Crippen molar-refractivity contribution in [3.05, 3.63) is 92.1 Å². The zero-order valence-electron chi connectivity index (χ0n) is 16.6. The van der Waals surface area contributed by atoms with Crippen LogP contribution in [0.1, 0.15) is 26.5 Å². The first-order chi connectivity index (χ1) is 15.3. The lowest BCUT2D eigenvalue weighted by Crippen LogP contribution is -1.98. The first-order valence-electron chi connectivity index (χ1n) is 9.32. The maximum absolute atomic E-state index is 13.5. The zero-order valence-corrected chi connectivity index (χ0v) is 17.4. The monoisotopic (exact) mass is 455 g/mol. The van der Waals surface area contributed by atoms with E-state index in [0.717, 1.165) is 17.0 Å². The van der Waals surface area contributed by atoms with Crippen molar-refractivity contribution in [3.63, 3.8) is 0 Å². The van der Waals surface area contributed by atoms with Crippen molar-refractivity contribution >= 4 is 33.8 Å². The van der Waals surface area contributed by atoms with Gasteiger partial charge in [-0.3, -0.25) is 19.3 Å². The van der Waals surface area contributed by atoms with Crippen LogP contribution in [0.3, 0.4) is 0 Å². The van der Waals surface area contributed by atoms with Crippen LogP contribution in [0.5, 0.6) is 0 Å². The summed E-state index contributed by atoms with van der Waals surface area (Å²) in [5.41, 5.74) is 1.05. The highest BCUT2D eigenvalue weighted by atomic mass is 32.1. The number of ketones is 1. The second-order valence-corrected chi connectivity index (χ2v) is 8.17. The van der Waals surface area contributed by atoms with Crippen molar-refractivity contribution in [1.29, 1.82) is 0 Å². The average molecular weight is 455 g/mol. The summed E-state index contributed by atoms with van der Waals surface area (Å²) in [4.78, 5) is 29.4. The number of nitro benzene ring substituents is 1. The molecule has 0 bridgehead atoms. The number of allylic oxidation sites excluding steroid dienone is 1. The number of carbonyl (C=O) groups excluding carboxylic acids is 1. The van der Waals surface area contributed by atoms with Crippen LogP contribution in [0.2, 0.25) is 0 Å². The van der Waals surface area contributed by atoms with E-state index in [1.165, 1.54) is 35.6 Å². The molecule has 0 radical (unpaired) electrons. The molecular weight excluding hydrogens is 440 g/mol. The molecule has 162 valence electrons. The van der Waals surface area contributed by atoms with E-state index in [9.17, 15) is 28.8 Å². The summed E-state index contributed by atoms with van der Waals surface area (Å²) in [6.45, 7) is 1.40. The lowest BCUT2D eigenvalue weighted by atomic mass is 10.0. The Balaban J connectivity index is 1.82. The molecule has 2 heterocycles. The Hall–Kier alpha value is -3.76. The fraction of sp³-hybridized carbons (Fsp3) is 0.0909. The Morgan fingerprint density at radius 1 is 1.25 bits per heavy atom. The predicted octanol–water partition coefficient (Wildman–Crippen LogP) is 4.95. The van der Waals surface area contributed by atoms with E-state index in [4.69, 9.17) is 0 Å². The molecule has 0 fully saturated rings. The van der Waals surface area contributed by atoms with Gasteiger partial charge in [0.1, 0.15) is 11.6 Å². The molecule has 0 unspecified atom stereocenters. The van der Waals surface area contributed by atoms with Gasteiger partial charge in [0, 0.05) is 34.3 Å². The molecule has 0 aliphatic carbocycles. The van der Waals surface area contributed by atoms with E-state index >= 15 is 0 Å². The summed E-state index contributed by atoms with van der Waals surface area (Å²) >= 11 is 1.39. The van der Waals surface area contributed by atoms with Crippen molar-refractivity contribution in [2.24, 2.45) is 0 Å². The number of benzene rings is 2. The summed E-state index contributed by atoms with van der Waals surface area (Å²) in [6.07, 6.45) is 4.43. The van der Waals surface area contributed by atoms with Crippen molar-refractivity contribution in [3.8, 4) is 11.3 Å². The van der Waals surface area contributed by atoms with Gasteiger partial charge in [0.15, 0.2) is 10.7 Å². The van der Waals surface area contributed by atoms with Gasteiger partial charge < -0.3 is 5.11 Å². The number of aryl methyl sites for hydroxylation is 1. The average Bonchev–Trinajstić information content (AvgIpc) is 3.26. The molecule has 0 aliphatic rings. The second-order valence-electron chi connectivity index (χ2n) is 6.95. The quantitative estimate of drug-likeness (QED) is 0.192. The number of imidazole rings is 1. The SMILES string of the molecule is Cc1cn2c(C=CC(=O)c3cc(F)cc(F)c3)c(-c3ccc(CO)c([N+](=O)[O-])c3)nc2s1. The van der Waals surface area contributed by atoms with Gasteiger partial charge in [0.05, 0.1) is 28.5 Å².